The van der Waals surface area contributed by atoms with E-state index in [2.05, 4.69) is 15.1 Å². The van der Waals surface area contributed by atoms with E-state index in [1.54, 1.807) is 11.8 Å². The molecule has 1 saturated heterocycles. The number of nitrogens with one attached hydrogen (secondary N) is 1. The summed E-state index contributed by atoms with van der Waals surface area (Å²) in [6, 6.07) is 0. The molecule has 3 heterocycles. The second-order valence-electron chi connectivity index (χ2n) is 7.20. The Bertz CT molecular complexity index is 857. The molecule has 132 valence electrons. The molecule has 1 N–H and O–H groups in total. The van der Waals surface area contributed by atoms with Gasteiger partial charge in [0, 0.05) is 32.3 Å². The largest absolute Gasteiger partial charge is 0.338 e. The van der Waals surface area contributed by atoms with E-state index in [-0.39, 0.29) is 17.0 Å². The highest BCUT2D eigenvalue weighted by Gasteiger charge is 2.30. The minimum Gasteiger partial charge on any atom is -0.338 e. The third-order valence-corrected chi connectivity index (χ3v) is 5.27. The maximum Gasteiger partial charge on any atom is 0.264 e. The zero-order chi connectivity index (χ0) is 17.6. The summed E-state index contributed by atoms with van der Waals surface area (Å²) in [6.07, 6.45) is 7.86. The van der Waals surface area contributed by atoms with Crippen molar-refractivity contribution in [2.75, 3.05) is 13.1 Å². The summed E-state index contributed by atoms with van der Waals surface area (Å²) >= 11 is 0. The van der Waals surface area contributed by atoms with Crippen LogP contribution < -0.4 is 5.56 Å². The fourth-order valence-electron chi connectivity index (χ4n) is 3.63. The number of aromatic amines is 1. The smallest absolute Gasteiger partial charge is 0.264 e. The van der Waals surface area contributed by atoms with Crippen LogP contribution in [0.3, 0.4) is 0 Å². The summed E-state index contributed by atoms with van der Waals surface area (Å²) in [5, 5.41) is 4.23. The first-order valence-electron chi connectivity index (χ1n) is 8.91. The molecule has 2 aromatic rings. The van der Waals surface area contributed by atoms with Gasteiger partial charge in [0.1, 0.15) is 11.4 Å². The first kappa shape index (κ1) is 16.1. The lowest BCUT2D eigenvalue weighted by Crippen LogP contribution is -2.41. The van der Waals surface area contributed by atoms with Gasteiger partial charge in [-0.05, 0) is 44.1 Å². The Morgan fingerprint density at radius 2 is 1.92 bits per heavy atom. The number of aromatic nitrogens is 4. The van der Waals surface area contributed by atoms with Crippen molar-refractivity contribution in [3.63, 3.8) is 0 Å². The highest BCUT2D eigenvalue weighted by molar-refractivity contribution is 5.94. The SMILES string of the molecule is Cc1nc(C2CC2)[nH]c(=O)c1C(=O)N1CCC(c2cnn(C)c2)CC1. The van der Waals surface area contributed by atoms with Crippen LogP contribution in [0.2, 0.25) is 0 Å². The lowest BCUT2D eigenvalue weighted by molar-refractivity contribution is 0.0709. The van der Waals surface area contributed by atoms with Gasteiger partial charge in [-0.3, -0.25) is 14.3 Å². The Morgan fingerprint density at radius 1 is 1.20 bits per heavy atom. The van der Waals surface area contributed by atoms with Crippen molar-refractivity contribution in [1.82, 2.24) is 24.6 Å². The lowest BCUT2D eigenvalue weighted by atomic mass is 9.91. The van der Waals surface area contributed by atoms with Crippen LogP contribution in [-0.4, -0.2) is 43.6 Å². The van der Waals surface area contributed by atoms with Crippen LogP contribution >= 0.6 is 0 Å². The second-order valence-corrected chi connectivity index (χ2v) is 7.20. The van der Waals surface area contributed by atoms with E-state index in [4.69, 9.17) is 0 Å². The normalized spacial score (nSPS) is 18.6. The Kier molecular flexibility index (Phi) is 3.94. The molecular weight excluding hydrogens is 318 g/mol. The third-order valence-electron chi connectivity index (χ3n) is 5.27. The number of hydrogen-bond donors (Lipinski definition) is 1. The van der Waals surface area contributed by atoms with E-state index in [1.807, 2.05) is 24.1 Å². The predicted octanol–water partition coefficient (Wildman–Crippen LogP) is 1.71. The molecule has 0 spiro atoms. The molecule has 0 bridgehead atoms. The topological polar surface area (TPSA) is 83.9 Å². The summed E-state index contributed by atoms with van der Waals surface area (Å²) in [7, 11) is 1.91. The van der Waals surface area contributed by atoms with Crippen molar-refractivity contribution >= 4 is 5.91 Å². The Labute approximate surface area is 146 Å². The minimum atomic E-state index is -0.297. The van der Waals surface area contributed by atoms with Crippen molar-refractivity contribution in [1.29, 1.82) is 0 Å². The number of rotatable bonds is 3. The molecule has 1 saturated carbocycles. The molecule has 1 aliphatic carbocycles. The molecule has 2 aromatic heterocycles. The number of carbonyl (C=O) groups is 1. The van der Waals surface area contributed by atoms with E-state index in [0.29, 0.717) is 30.6 Å². The average molecular weight is 341 g/mol. The summed E-state index contributed by atoms with van der Waals surface area (Å²) in [5.41, 5.74) is 1.67. The molecular formula is C18H23N5O2. The van der Waals surface area contributed by atoms with Crippen LogP contribution in [0.15, 0.2) is 17.2 Å². The second kappa shape index (κ2) is 6.13. The van der Waals surface area contributed by atoms with Crippen molar-refractivity contribution in [2.45, 2.75) is 44.4 Å². The van der Waals surface area contributed by atoms with E-state index in [1.165, 1.54) is 5.56 Å². The number of carbonyl (C=O) groups excluding carboxylic acids is 1. The highest BCUT2D eigenvalue weighted by Crippen LogP contribution is 2.37. The molecule has 0 atom stereocenters. The quantitative estimate of drug-likeness (QED) is 0.921. The van der Waals surface area contributed by atoms with Crippen molar-refractivity contribution in [2.24, 2.45) is 7.05 Å². The zero-order valence-electron chi connectivity index (χ0n) is 14.7. The van der Waals surface area contributed by atoms with E-state index < -0.39 is 0 Å². The van der Waals surface area contributed by atoms with Crippen LogP contribution in [0.5, 0.6) is 0 Å². The molecule has 2 fully saturated rings. The number of hydrogen-bond acceptors (Lipinski definition) is 4. The molecule has 2 aliphatic rings. The van der Waals surface area contributed by atoms with Gasteiger partial charge in [-0.25, -0.2) is 4.98 Å². The number of nitrogens with zero attached hydrogens (tertiary/aromatic N) is 4. The summed E-state index contributed by atoms with van der Waals surface area (Å²) in [6.45, 7) is 3.07. The van der Waals surface area contributed by atoms with Gasteiger partial charge in [0.05, 0.1) is 11.9 Å². The fraction of sp³-hybridized carbons (Fsp3) is 0.556. The van der Waals surface area contributed by atoms with Gasteiger partial charge in [-0.1, -0.05) is 0 Å². The fourth-order valence-corrected chi connectivity index (χ4v) is 3.63. The van der Waals surface area contributed by atoms with Gasteiger partial charge in [0.25, 0.3) is 11.5 Å². The number of amides is 1. The maximum absolute atomic E-state index is 12.8. The molecule has 0 radical (unpaired) electrons. The van der Waals surface area contributed by atoms with Crippen LogP contribution in [0.1, 0.15) is 65.0 Å². The lowest BCUT2D eigenvalue weighted by Gasteiger charge is -2.31. The molecule has 7 heteroatoms. The van der Waals surface area contributed by atoms with E-state index in [0.717, 1.165) is 31.5 Å². The summed E-state index contributed by atoms with van der Waals surface area (Å²) in [5.74, 6) is 1.32. The standard InChI is InChI=1S/C18H23N5O2/c1-11-15(17(24)21-16(20-11)13-3-4-13)18(25)23-7-5-12(6-8-23)14-9-19-22(2)10-14/h9-10,12-13H,3-8H2,1-2H3,(H,20,21,24). The highest BCUT2D eigenvalue weighted by atomic mass is 16.2. The monoisotopic (exact) mass is 341 g/mol. The Morgan fingerprint density at radius 3 is 2.48 bits per heavy atom. The molecule has 1 amide bonds. The number of piperidine rings is 1. The third kappa shape index (κ3) is 3.10. The predicted molar refractivity (Wildman–Crippen MR) is 92.7 cm³/mol. The molecule has 4 rings (SSSR count). The molecule has 7 nitrogen and oxygen atoms in total. The van der Waals surface area contributed by atoms with Crippen molar-refractivity contribution < 1.29 is 4.79 Å². The van der Waals surface area contributed by atoms with Gasteiger partial charge >= 0.3 is 0 Å². The van der Waals surface area contributed by atoms with E-state index in [9.17, 15) is 9.59 Å². The van der Waals surface area contributed by atoms with Gasteiger partial charge in [0.2, 0.25) is 0 Å². The molecule has 0 unspecified atom stereocenters. The van der Waals surface area contributed by atoms with E-state index >= 15 is 0 Å². The average Bonchev–Trinajstić information content (AvgIpc) is 3.35. The summed E-state index contributed by atoms with van der Waals surface area (Å²) in [4.78, 5) is 34.3. The van der Waals surface area contributed by atoms with Gasteiger partial charge < -0.3 is 9.88 Å². The minimum absolute atomic E-state index is 0.196. The van der Waals surface area contributed by atoms with Crippen molar-refractivity contribution in [3.8, 4) is 0 Å². The zero-order valence-corrected chi connectivity index (χ0v) is 14.7. The molecule has 0 aromatic carbocycles. The summed E-state index contributed by atoms with van der Waals surface area (Å²) < 4.78 is 1.81. The Balaban J connectivity index is 1.48. The first-order valence-corrected chi connectivity index (χ1v) is 8.91. The molecule has 25 heavy (non-hydrogen) atoms. The Hall–Kier alpha value is -2.44. The maximum atomic E-state index is 12.8. The number of aryl methyl sites for hydroxylation is 2. The molecule has 1 aliphatic heterocycles. The van der Waals surface area contributed by atoms with Crippen LogP contribution in [0.4, 0.5) is 0 Å². The van der Waals surface area contributed by atoms with Crippen molar-refractivity contribution in [3.05, 3.63) is 45.4 Å². The van der Waals surface area contributed by atoms with Crippen LogP contribution in [-0.2, 0) is 7.05 Å². The number of likely N-dealkylation sites (tertiary alicyclic amines) is 1. The van der Waals surface area contributed by atoms with Gasteiger partial charge in [0.15, 0.2) is 0 Å². The number of H-pyrrole nitrogens is 1. The first-order chi connectivity index (χ1) is 12.0. The van der Waals surface area contributed by atoms with Gasteiger partial charge in [-0.15, -0.1) is 0 Å². The van der Waals surface area contributed by atoms with Crippen LogP contribution in [0, 0.1) is 6.92 Å². The van der Waals surface area contributed by atoms with Gasteiger partial charge in [-0.2, -0.15) is 5.10 Å². The van der Waals surface area contributed by atoms with Crippen LogP contribution in [0.25, 0.3) is 0 Å².